The van der Waals surface area contributed by atoms with Gasteiger partial charge in [-0.15, -0.1) is 5.11 Å². The van der Waals surface area contributed by atoms with Crippen molar-refractivity contribution in [3.63, 3.8) is 0 Å². The van der Waals surface area contributed by atoms with Crippen molar-refractivity contribution < 1.29 is 19.2 Å². The van der Waals surface area contributed by atoms with Crippen molar-refractivity contribution in [3.8, 4) is 0 Å². The monoisotopic (exact) mass is 402 g/mol. The van der Waals surface area contributed by atoms with E-state index in [0.29, 0.717) is 12.3 Å². The molecular formula is C18H15ClN4O5. The van der Waals surface area contributed by atoms with Gasteiger partial charge in [0.2, 0.25) is 6.04 Å². The summed E-state index contributed by atoms with van der Waals surface area (Å²) in [5.41, 5.74) is 0.989. The van der Waals surface area contributed by atoms with Crippen molar-refractivity contribution in [2.45, 2.75) is 19.1 Å². The maximum atomic E-state index is 12.4. The Kier molecular flexibility index (Phi) is 5.76. The molecule has 2 atom stereocenters. The average Bonchev–Trinajstić information content (AvgIpc) is 3.48. The van der Waals surface area contributed by atoms with Gasteiger partial charge in [0.1, 0.15) is 6.10 Å². The minimum atomic E-state index is -1.44. The first-order valence-electron chi connectivity index (χ1n) is 8.23. The van der Waals surface area contributed by atoms with Crippen LogP contribution in [0.1, 0.15) is 18.6 Å². The lowest BCUT2D eigenvalue weighted by Crippen LogP contribution is -2.31. The predicted octanol–water partition coefficient (Wildman–Crippen LogP) is 4.00. The number of ether oxygens (including phenoxy) is 1. The molecule has 10 heteroatoms. The Labute approximate surface area is 164 Å². The third kappa shape index (κ3) is 4.76. The molecule has 3 rings (SSSR count). The molecule has 1 aliphatic heterocycles. The van der Waals surface area contributed by atoms with Gasteiger partial charge < -0.3 is 10.1 Å². The van der Waals surface area contributed by atoms with Gasteiger partial charge in [0.25, 0.3) is 11.6 Å². The number of nitro groups is 1. The molecule has 2 aromatic carbocycles. The summed E-state index contributed by atoms with van der Waals surface area (Å²) < 4.78 is 5.18. The fourth-order valence-corrected chi connectivity index (χ4v) is 2.56. The van der Waals surface area contributed by atoms with Crippen LogP contribution in [0.5, 0.6) is 0 Å². The van der Waals surface area contributed by atoms with Gasteiger partial charge in [-0.05, 0) is 36.8 Å². The van der Waals surface area contributed by atoms with E-state index in [4.69, 9.17) is 16.3 Å². The van der Waals surface area contributed by atoms with E-state index in [0.717, 1.165) is 11.6 Å². The van der Waals surface area contributed by atoms with E-state index >= 15 is 0 Å². The highest BCUT2D eigenvalue weighted by molar-refractivity contribution is 6.30. The normalized spacial score (nSPS) is 16.6. The van der Waals surface area contributed by atoms with E-state index in [9.17, 15) is 19.7 Å². The highest BCUT2D eigenvalue weighted by Gasteiger charge is 2.26. The number of hydrogen-bond acceptors (Lipinski definition) is 7. The summed E-state index contributed by atoms with van der Waals surface area (Å²) in [5.74, 6) is -1.25. The van der Waals surface area contributed by atoms with Gasteiger partial charge in [-0.3, -0.25) is 19.7 Å². The second-order valence-corrected chi connectivity index (χ2v) is 6.49. The van der Waals surface area contributed by atoms with Crippen LogP contribution in [0.25, 0.3) is 0 Å². The second kappa shape index (κ2) is 8.24. The molecule has 0 aromatic heterocycles. The number of rotatable bonds is 7. The molecule has 1 heterocycles. The molecule has 1 amide bonds. The Hall–Kier alpha value is -3.17. The number of carbonyl (C=O) groups is 2. The van der Waals surface area contributed by atoms with E-state index in [-0.39, 0.29) is 22.5 Å². The van der Waals surface area contributed by atoms with Crippen LogP contribution in [0.3, 0.4) is 0 Å². The molecule has 0 saturated carbocycles. The van der Waals surface area contributed by atoms with Gasteiger partial charge in [0.05, 0.1) is 11.5 Å². The van der Waals surface area contributed by atoms with Crippen LogP contribution in [0.15, 0.2) is 52.7 Å². The van der Waals surface area contributed by atoms with E-state index in [1.807, 2.05) is 12.1 Å². The molecule has 0 aliphatic carbocycles. The Bertz CT molecular complexity index is 957. The van der Waals surface area contributed by atoms with Crippen molar-refractivity contribution in [1.82, 2.24) is 0 Å². The van der Waals surface area contributed by atoms with E-state index in [2.05, 4.69) is 15.5 Å². The molecule has 1 fully saturated rings. The summed E-state index contributed by atoms with van der Waals surface area (Å²) >= 11 is 5.75. The van der Waals surface area contributed by atoms with Crippen molar-refractivity contribution in [1.29, 1.82) is 0 Å². The van der Waals surface area contributed by atoms with Crippen molar-refractivity contribution in [2.24, 2.45) is 10.2 Å². The number of epoxide rings is 1. The highest BCUT2D eigenvalue weighted by atomic mass is 35.5. The number of hydrogen-bond donors (Lipinski definition) is 1. The first-order valence-corrected chi connectivity index (χ1v) is 8.60. The van der Waals surface area contributed by atoms with Gasteiger partial charge in [0, 0.05) is 16.8 Å². The van der Waals surface area contributed by atoms with Gasteiger partial charge in [-0.2, -0.15) is 5.11 Å². The number of Topliss-reactive ketones (excluding diaryl/α,β-unsaturated/α-hetero) is 1. The molecule has 0 spiro atoms. The first kappa shape index (κ1) is 19.6. The largest absolute Gasteiger partial charge is 0.368 e. The lowest BCUT2D eigenvalue weighted by Gasteiger charge is -2.10. The number of carbonyl (C=O) groups excluding carboxylic acids is 2. The van der Waals surface area contributed by atoms with Crippen LogP contribution in [0, 0.1) is 10.1 Å². The fourth-order valence-electron chi connectivity index (χ4n) is 2.40. The number of anilines is 1. The third-order valence-electron chi connectivity index (χ3n) is 3.93. The van der Waals surface area contributed by atoms with E-state index in [1.54, 1.807) is 12.1 Å². The summed E-state index contributed by atoms with van der Waals surface area (Å²) in [7, 11) is 0. The molecular weight excluding hydrogens is 388 g/mol. The number of azo groups is 1. The maximum absolute atomic E-state index is 12.4. The SMILES string of the molecule is CC(=O)C(/N=N/c1ccc(Cl)cc1[N+](=O)[O-])C(=O)Nc1ccc(C2CO2)cc1. The molecule has 2 aromatic rings. The van der Waals surface area contributed by atoms with Crippen LogP contribution < -0.4 is 5.32 Å². The number of amides is 1. The molecule has 0 bridgehead atoms. The van der Waals surface area contributed by atoms with E-state index < -0.39 is 22.7 Å². The summed E-state index contributed by atoms with van der Waals surface area (Å²) in [6.45, 7) is 1.86. The Morgan fingerprint density at radius 2 is 1.96 bits per heavy atom. The van der Waals surface area contributed by atoms with Gasteiger partial charge in [-0.1, -0.05) is 23.7 Å². The zero-order valence-corrected chi connectivity index (χ0v) is 15.4. The third-order valence-corrected chi connectivity index (χ3v) is 4.17. The molecule has 0 radical (unpaired) electrons. The zero-order valence-electron chi connectivity index (χ0n) is 14.7. The number of nitro benzene ring substituents is 1. The topological polar surface area (TPSA) is 127 Å². The highest BCUT2D eigenvalue weighted by Crippen LogP contribution is 2.31. The molecule has 1 aliphatic rings. The number of benzene rings is 2. The second-order valence-electron chi connectivity index (χ2n) is 6.05. The molecule has 1 saturated heterocycles. The van der Waals surface area contributed by atoms with E-state index in [1.165, 1.54) is 19.1 Å². The number of nitrogens with zero attached hydrogens (tertiary/aromatic N) is 3. The summed E-state index contributed by atoms with van der Waals surface area (Å²) in [4.78, 5) is 34.7. The van der Waals surface area contributed by atoms with Crippen LogP contribution in [-0.2, 0) is 14.3 Å². The molecule has 28 heavy (non-hydrogen) atoms. The fraction of sp³-hybridized carbons (Fsp3) is 0.222. The van der Waals surface area contributed by atoms with Gasteiger partial charge >= 0.3 is 0 Å². The standard InChI is InChI=1S/C18H15ClN4O5/c1-10(24)17(22-21-14-7-4-12(19)8-15(14)23(26)27)18(25)20-13-5-2-11(3-6-13)16-9-28-16/h2-8,16-17H,9H2,1H3,(H,20,25)/b22-21+. The van der Waals surface area contributed by atoms with Crippen LogP contribution >= 0.6 is 11.6 Å². The predicted molar refractivity (Wildman–Crippen MR) is 101 cm³/mol. The van der Waals surface area contributed by atoms with Crippen molar-refractivity contribution >= 4 is 40.4 Å². The molecule has 9 nitrogen and oxygen atoms in total. The van der Waals surface area contributed by atoms with Crippen molar-refractivity contribution in [3.05, 3.63) is 63.2 Å². The van der Waals surface area contributed by atoms with Gasteiger partial charge in [-0.25, -0.2) is 0 Å². The Morgan fingerprint density at radius 1 is 1.29 bits per heavy atom. The average molecular weight is 403 g/mol. The summed E-state index contributed by atoms with van der Waals surface area (Å²) in [6, 6.07) is 9.37. The minimum Gasteiger partial charge on any atom is -0.368 e. The zero-order chi connectivity index (χ0) is 20.3. The molecule has 2 unspecified atom stereocenters. The Balaban J connectivity index is 1.75. The van der Waals surface area contributed by atoms with Crippen LogP contribution in [0.4, 0.5) is 17.1 Å². The number of ketones is 1. The first-order chi connectivity index (χ1) is 13.3. The van der Waals surface area contributed by atoms with Crippen LogP contribution in [0.2, 0.25) is 5.02 Å². The van der Waals surface area contributed by atoms with Gasteiger partial charge in [0.15, 0.2) is 11.5 Å². The molecule has 144 valence electrons. The molecule has 1 N–H and O–H groups in total. The quantitative estimate of drug-likeness (QED) is 0.246. The lowest BCUT2D eigenvalue weighted by atomic mass is 10.1. The number of nitrogens with one attached hydrogen (secondary N) is 1. The number of halogens is 1. The lowest BCUT2D eigenvalue weighted by molar-refractivity contribution is -0.384. The smallest absolute Gasteiger partial charge is 0.298 e. The minimum absolute atomic E-state index is 0.0960. The van der Waals surface area contributed by atoms with Crippen molar-refractivity contribution in [2.75, 3.05) is 11.9 Å². The Morgan fingerprint density at radius 3 is 2.54 bits per heavy atom. The summed E-state index contributed by atoms with van der Waals surface area (Å²) in [6.07, 6.45) is 0.0960. The van der Waals surface area contributed by atoms with Crippen LogP contribution in [-0.4, -0.2) is 29.3 Å². The maximum Gasteiger partial charge on any atom is 0.298 e. The summed E-state index contributed by atoms with van der Waals surface area (Å²) in [5, 5.41) is 21.3.